The van der Waals surface area contributed by atoms with Crippen LogP contribution in [-0.4, -0.2) is 9.71 Å². The number of nitrogens with zero attached hydrogens (tertiary/aromatic N) is 2. The van der Waals surface area contributed by atoms with Crippen LogP contribution >= 0.6 is 0 Å². The molecule has 54 valence electrons. The number of nitrogen functional groups attached to an aromatic ring is 1. The van der Waals surface area contributed by atoms with Crippen LogP contribution in [0.1, 0.15) is 5.69 Å². The fraction of sp³-hybridized carbons (Fsp3) is 0.200. The number of hydrogen-bond donors (Lipinski definition) is 1. The third kappa shape index (κ3) is 0.812. The lowest BCUT2D eigenvalue weighted by Gasteiger charge is -1.92. The Labute approximate surface area is 57.2 Å². The maximum Gasteiger partial charge on any atom is 0.169 e. The van der Waals surface area contributed by atoms with Gasteiger partial charge in [-0.05, 0) is 13.0 Å². The van der Waals surface area contributed by atoms with Crippen LogP contribution in [0.15, 0.2) is 12.3 Å². The first kappa shape index (κ1) is 6.60. The molecule has 1 rings (SSSR count). The van der Waals surface area contributed by atoms with Crippen LogP contribution < -0.4 is 5.73 Å². The van der Waals surface area contributed by atoms with Gasteiger partial charge in [0.1, 0.15) is 5.69 Å². The van der Waals surface area contributed by atoms with E-state index in [2.05, 4.69) is 0 Å². The van der Waals surface area contributed by atoms with Gasteiger partial charge >= 0.3 is 0 Å². The van der Waals surface area contributed by atoms with Crippen LogP contribution in [0.3, 0.4) is 0 Å². The molecule has 0 spiro atoms. The summed E-state index contributed by atoms with van der Waals surface area (Å²) in [5.74, 6) is 0. The molecule has 0 saturated carbocycles. The predicted octanol–water partition coefficient (Wildman–Crippen LogP) is 0.419. The molecule has 1 heterocycles. The van der Waals surface area contributed by atoms with Gasteiger partial charge in [0, 0.05) is 0 Å². The Bertz CT molecular complexity index is 266. The van der Waals surface area contributed by atoms with Crippen molar-refractivity contribution >= 4 is 5.69 Å². The van der Waals surface area contributed by atoms with Crippen molar-refractivity contribution in [1.29, 1.82) is 0 Å². The highest BCUT2D eigenvalue weighted by molar-refractivity contribution is 5.42. The van der Waals surface area contributed by atoms with Gasteiger partial charge in [-0.2, -0.15) is 0 Å². The molecular weight excluding hydrogens is 134 g/mol. The molecule has 2 N–H and O–H groups in total. The second kappa shape index (κ2) is 2.02. The SMILES string of the molecule is Cc1c(N)ccn1[N+](=O)[O-]. The molecule has 0 aliphatic heterocycles. The number of rotatable bonds is 1. The van der Waals surface area contributed by atoms with Crippen LogP contribution in [0.25, 0.3) is 0 Å². The predicted molar refractivity (Wildman–Crippen MR) is 36.0 cm³/mol. The summed E-state index contributed by atoms with van der Waals surface area (Å²) in [7, 11) is 0. The first-order valence-electron chi connectivity index (χ1n) is 2.71. The van der Waals surface area contributed by atoms with Gasteiger partial charge in [0.05, 0.1) is 11.9 Å². The minimum Gasteiger partial charge on any atom is -0.397 e. The van der Waals surface area contributed by atoms with Crippen LogP contribution in [-0.2, 0) is 0 Å². The van der Waals surface area contributed by atoms with E-state index in [-0.39, 0.29) is 0 Å². The van der Waals surface area contributed by atoms with E-state index >= 15 is 0 Å². The van der Waals surface area contributed by atoms with Gasteiger partial charge in [-0.25, -0.2) is 10.1 Å². The Morgan fingerprint density at radius 3 is 2.60 bits per heavy atom. The van der Waals surface area contributed by atoms with Gasteiger partial charge in [0.2, 0.25) is 0 Å². The molecule has 0 aromatic carbocycles. The van der Waals surface area contributed by atoms with Crippen molar-refractivity contribution in [2.24, 2.45) is 0 Å². The fourth-order valence-electron chi connectivity index (χ4n) is 0.692. The van der Waals surface area contributed by atoms with Gasteiger partial charge in [-0.1, -0.05) is 4.68 Å². The lowest BCUT2D eigenvalue weighted by molar-refractivity contribution is -0.543. The standard InChI is InChI=1S/C5H7N3O2/c1-4-5(6)2-3-7(4)8(9)10/h2-3H,6H2,1H3. The molecule has 0 aliphatic rings. The summed E-state index contributed by atoms with van der Waals surface area (Å²) < 4.78 is 0.884. The average Bonchev–Trinajstić information content (AvgIpc) is 2.14. The van der Waals surface area contributed by atoms with Crippen LogP contribution in [0.4, 0.5) is 5.69 Å². The van der Waals surface area contributed by atoms with E-state index < -0.39 is 5.03 Å². The second-order valence-electron chi connectivity index (χ2n) is 1.94. The topological polar surface area (TPSA) is 74.1 Å². The van der Waals surface area contributed by atoms with Gasteiger partial charge in [0.15, 0.2) is 5.03 Å². The summed E-state index contributed by atoms with van der Waals surface area (Å²) >= 11 is 0. The normalized spacial score (nSPS) is 9.70. The summed E-state index contributed by atoms with van der Waals surface area (Å²) in [5, 5.41) is 9.63. The third-order valence-electron chi connectivity index (χ3n) is 1.33. The molecule has 0 amide bonds. The minimum absolute atomic E-state index is 0.441. The zero-order valence-electron chi connectivity index (χ0n) is 5.44. The third-order valence-corrected chi connectivity index (χ3v) is 1.33. The van der Waals surface area contributed by atoms with Gasteiger partial charge < -0.3 is 5.73 Å². The largest absolute Gasteiger partial charge is 0.397 e. The monoisotopic (exact) mass is 141 g/mol. The Morgan fingerprint density at radius 2 is 2.40 bits per heavy atom. The summed E-state index contributed by atoms with van der Waals surface area (Å²) in [5.41, 5.74) is 6.26. The van der Waals surface area contributed by atoms with E-state index in [1.807, 2.05) is 0 Å². The molecule has 1 aromatic heterocycles. The van der Waals surface area contributed by atoms with Crippen molar-refractivity contribution in [2.75, 3.05) is 5.73 Å². The summed E-state index contributed by atoms with van der Waals surface area (Å²) in [6.45, 7) is 1.60. The van der Waals surface area contributed by atoms with Crippen LogP contribution in [0.5, 0.6) is 0 Å². The highest BCUT2D eigenvalue weighted by Gasteiger charge is 2.07. The summed E-state index contributed by atoms with van der Waals surface area (Å²) in [6, 6.07) is 1.50. The zero-order valence-corrected chi connectivity index (χ0v) is 5.44. The lowest BCUT2D eigenvalue weighted by Crippen LogP contribution is -2.08. The molecule has 10 heavy (non-hydrogen) atoms. The number of anilines is 1. The Kier molecular flexibility index (Phi) is 1.33. The number of nitrogens with two attached hydrogens (primary N) is 1. The van der Waals surface area contributed by atoms with Crippen molar-refractivity contribution in [3.05, 3.63) is 28.1 Å². The van der Waals surface area contributed by atoms with Gasteiger partial charge in [0.25, 0.3) is 0 Å². The van der Waals surface area contributed by atoms with Crippen molar-refractivity contribution in [1.82, 2.24) is 4.68 Å². The molecule has 0 bridgehead atoms. The smallest absolute Gasteiger partial charge is 0.169 e. The quantitative estimate of drug-likeness (QED) is 0.455. The molecule has 0 radical (unpaired) electrons. The zero-order chi connectivity index (χ0) is 7.72. The van der Waals surface area contributed by atoms with E-state index in [0.717, 1.165) is 4.68 Å². The Hall–Kier alpha value is -1.52. The highest BCUT2D eigenvalue weighted by Crippen LogP contribution is 2.09. The molecule has 0 unspecified atom stereocenters. The van der Waals surface area contributed by atoms with Crippen molar-refractivity contribution in [3.63, 3.8) is 0 Å². The lowest BCUT2D eigenvalue weighted by atomic mass is 10.4. The fourth-order valence-corrected chi connectivity index (χ4v) is 0.692. The Balaban J connectivity index is 3.17. The molecule has 0 aliphatic carbocycles. The van der Waals surface area contributed by atoms with Crippen LogP contribution in [0, 0.1) is 17.0 Å². The molecule has 0 atom stereocenters. The van der Waals surface area contributed by atoms with E-state index in [9.17, 15) is 10.1 Å². The number of nitro groups is 1. The van der Waals surface area contributed by atoms with Gasteiger partial charge in [-0.3, -0.25) is 0 Å². The van der Waals surface area contributed by atoms with E-state index in [1.165, 1.54) is 12.3 Å². The summed E-state index contributed by atoms with van der Waals surface area (Å²) in [4.78, 5) is 10.1. The van der Waals surface area contributed by atoms with E-state index in [4.69, 9.17) is 5.73 Å². The van der Waals surface area contributed by atoms with Crippen molar-refractivity contribution in [3.8, 4) is 0 Å². The van der Waals surface area contributed by atoms with E-state index in [0.29, 0.717) is 11.4 Å². The maximum atomic E-state index is 10.1. The first-order valence-corrected chi connectivity index (χ1v) is 2.71. The average molecular weight is 141 g/mol. The first-order chi connectivity index (χ1) is 4.63. The number of hydrogen-bond acceptors (Lipinski definition) is 3. The number of aromatic nitrogens is 1. The van der Waals surface area contributed by atoms with Crippen LogP contribution in [0.2, 0.25) is 0 Å². The second-order valence-corrected chi connectivity index (χ2v) is 1.94. The highest BCUT2D eigenvalue weighted by atomic mass is 16.7. The van der Waals surface area contributed by atoms with E-state index in [1.54, 1.807) is 6.92 Å². The Morgan fingerprint density at radius 1 is 1.80 bits per heavy atom. The molecule has 0 fully saturated rings. The maximum absolute atomic E-state index is 10.1. The summed E-state index contributed by atoms with van der Waals surface area (Å²) in [6.07, 6.45) is 1.32. The molecule has 1 aromatic rings. The molecule has 5 nitrogen and oxygen atoms in total. The molecule has 5 heteroatoms. The van der Waals surface area contributed by atoms with Gasteiger partial charge in [-0.15, -0.1) is 0 Å². The van der Waals surface area contributed by atoms with Crippen molar-refractivity contribution < 1.29 is 5.03 Å². The minimum atomic E-state index is -0.522. The molecular formula is C5H7N3O2. The van der Waals surface area contributed by atoms with Crippen molar-refractivity contribution in [2.45, 2.75) is 6.92 Å². The molecule has 0 saturated heterocycles.